The molecular weight excluding hydrogens is 303 g/mol. The van der Waals surface area contributed by atoms with Crippen LogP contribution in [0.4, 0.5) is 19.0 Å². The van der Waals surface area contributed by atoms with Crippen molar-refractivity contribution in [2.75, 3.05) is 5.73 Å². The molecule has 0 aliphatic carbocycles. The lowest BCUT2D eigenvalue weighted by Gasteiger charge is -2.08. The second-order valence-electron chi connectivity index (χ2n) is 4.22. The molecule has 108 valence electrons. The minimum absolute atomic E-state index is 0.0396. The van der Waals surface area contributed by atoms with Gasteiger partial charge in [0.1, 0.15) is 0 Å². The molecule has 0 atom stereocenters. The monoisotopic (exact) mass is 311 g/mol. The van der Waals surface area contributed by atoms with Crippen molar-refractivity contribution >= 4 is 17.2 Å². The molecule has 4 nitrogen and oxygen atoms in total. The summed E-state index contributed by atoms with van der Waals surface area (Å²) in [6.07, 6.45) is -2.88. The number of nitrogens with zero attached hydrogens (tertiary/aromatic N) is 2. The van der Waals surface area contributed by atoms with Gasteiger partial charge in [-0.15, -0.1) is 11.3 Å². The van der Waals surface area contributed by atoms with Crippen LogP contribution in [-0.4, -0.2) is 10.1 Å². The number of nitrogens with two attached hydrogens (primary N) is 1. The van der Waals surface area contributed by atoms with E-state index in [0.29, 0.717) is 21.8 Å². The molecule has 0 aliphatic heterocycles. The zero-order valence-corrected chi connectivity index (χ0v) is 11.2. The van der Waals surface area contributed by atoms with E-state index in [1.807, 2.05) is 0 Å². The summed E-state index contributed by atoms with van der Waals surface area (Å²) >= 11 is 1.29. The first-order valence-corrected chi connectivity index (χ1v) is 6.66. The maximum atomic E-state index is 12.8. The number of hydrogen-bond donors (Lipinski definition) is 1. The fourth-order valence-corrected chi connectivity index (χ4v) is 2.53. The molecule has 0 aliphatic rings. The molecule has 21 heavy (non-hydrogen) atoms. The van der Waals surface area contributed by atoms with Crippen molar-refractivity contribution in [2.24, 2.45) is 0 Å². The minimum Gasteiger partial charge on any atom is -0.380 e. The van der Waals surface area contributed by atoms with Gasteiger partial charge in [0.15, 0.2) is 11.6 Å². The quantitative estimate of drug-likeness (QED) is 0.775. The van der Waals surface area contributed by atoms with Gasteiger partial charge >= 0.3 is 6.18 Å². The Morgan fingerprint density at radius 2 is 2.05 bits per heavy atom. The summed E-state index contributed by atoms with van der Waals surface area (Å²) in [4.78, 5) is 4.55. The number of rotatable bonds is 2. The summed E-state index contributed by atoms with van der Waals surface area (Å²) in [7, 11) is 0. The molecule has 0 bridgehead atoms. The van der Waals surface area contributed by atoms with E-state index in [0.717, 1.165) is 12.1 Å². The van der Waals surface area contributed by atoms with Gasteiger partial charge < -0.3 is 10.3 Å². The summed E-state index contributed by atoms with van der Waals surface area (Å²) in [5, 5.41) is 3.64. The lowest BCUT2D eigenvalue weighted by Crippen LogP contribution is -2.04. The standard InChI is InChI=1S/C13H8F3N3OS/c14-13(15,16)8-3-1-2-7(4-8)10-11(20-19-12(10)17)9-5-18-6-21-9/h1-6H,(H2,17,19). The van der Waals surface area contributed by atoms with Gasteiger partial charge in [0.05, 0.1) is 21.5 Å². The number of alkyl halides is 3. The van der Waals surface area contributed by atoms with Crippen molar-refractivity contribution in [3.05, 3.63) is 41.5 Å². The van der Waals surface area contributed by atoms with Crippen LogP contribution in [0, 0.1) is 0 Å². The van der Waals surface area contributed by atoms with Crippen molar-refractivity contribution < 1.29 is 17.7 Å². The average molecular weight is 311 g/mol. The van der Waals surface area contributed by atoms with Crippen molar-refractivity contribution in [3.63, 3.8) is 0 Å². The van der Waals surface area contributed by atoms with Crippen LogP contribution >= 0.6 is 11.3 Å². The highest BCUT2D eigenvalue weighted by Gasteiger charge is 2.31. The Balaban J connectivity index is 2.16. The number of aromatic nitrogens is 2. The zero-order valence-electron chi connectivity index (χ0n) is 10.4. The predicted molar refractivity (Wildman–Crippen MR) is 72.5 cm³/mol. The van der Waals surface area contributed by atoms with Gasteiger partial charge in [-0.2, -0.15) is 13.2 Å². The van der Waals surface area contributed by atoms with E-state index in [-0.39, 0.29) is 5.82 Å². The van der Waals surface area contributed by atoms with Crippen molar-refractivity contribution in [1.29, 1.82) is 0 Å². The third-order valence-electron chi connectivity index (χ3n) is 2.85. The summed E-state index contributed by atoms with van der Waals surface area (Å²) < 4.78 is 43.6. The Morgan fingerprint density at radius 1 is 1.24 bits per heavy atom. The molecule has 0 spiro atoms. The molecule has 2 aromatic heterocycles. The molecular formula is C13H8F3N3OS. The maximum absolute atomic E-state index is 12.8. The van der Waals surface area contributed by atoms with E-state index >= 15 is 0 Å². The molecule has 0 amide bonds. The molecule has 0 saturated carbocycles. The number of halogens is 3. The second-order valence-corrected chi connectivity index (χ2v) is 5.10. The number of nitrogen functional groups attached to an aromatic ring is 1. The molecule has 2 heterocycles. The third kappa shape index (κ3) is 2.49. The van der Waals surface area contributed by atoms with Crippen LogP contribution < -0.4 is 5.73 Å². The number of benzene rings is 1. The molecule has 1 aromatic carbocycles. The van der Waals surface area contributed by atoms with E-state index in [2.05, 4.69) is 10.1 Å². The van der Waals surface area contributed by atoms with Crippen LogP contribution in [0.5, 0.6) is 0 Å². The third-order valence-corrected chi connectivity index (χ3v) is 3.63. The zero-order chi connectivity index (χ0) is 15.0. The highest BCUT2D eigenvalue weighted by molar-refractivity contribution is 7.13. The fraction of sp³-hybridized carbons (Fsp3) is 0.0769. The first-order chi connectivity index (χ1) is 9.97. The Morgan fingerprint density at radius 3 is 2.71 bits per heavy atom. The van der Waals surface area contributed by atoms with Crippen LogP contribution in [0.2, 0.25) is 0 Å². The van der Waals surface area contributed by atoms with Crippen LogP contribution in [0.15, 0.2) is 40.5 Å². The van der Waals surface area contributed by atoms with Crippen molar-refractivity contribution in [3.8, 4) is 21.8 Å². The SMILES string of the molecule is Nc1noc(-c2cncs2)c1-c1cccc(C(F)(F)F)c1. The van der Waals surface area contributed by atoms with Crippen LogP contribution in [0.3, 0.4) is 0 Å². The van der Waals surface area contributed by atoms with Crippen LogP contribution in [0.1, 0.15) is 5.56 Å². The molecule has 0 fully saturated rings. The molecule has 8 heteroatoms. The minimum atomic E-state index is -4.42. The Kier molecular flexibility index (Phi) is 3.17. The molecule has 0 radical (unpaired) electrons. The van der Waals surface area contributed by atoms with Gasteiger partial charge in [-0.05, 0) is 17.7 Å². The summed E-state index contributed by atoms with van der Waals surface area (Å²) in [5.74, 6) is 0.354. The lowest BCUT2D eigenvalue weighted by atomic mass is 10.0. The van der Waals surface area contributed by atoms with Gasteiger partial charge in [0, 0.05) is 6.20 Å². The smallest absolute Gasteiger partial charge is 0.380 e. The Labute approximate surface area is 121 Å². The second kappa shape index (κ2) is 4.88. The number of anilines is 1. The number of hydrogen-bond acceptors (Lipinski definition) is 5. The maximum Gasteiger partial charge on any atom is 0.416 e. The van der Waals surface area contributed by atoms with Crippen molar-refractivity contribution in [2.45, 2.75) is 6.18 Å². The van der Waals surface area contributed by atoms with Gasteiger partial charge in [-0.1, -0.05) is 17.3 Å². The number of thiazole rings is 1. The first-order valence-electron chi connectivity index (χ1n) is 5.78. The molecule has 3 aromatic rings. The lowest BCUT2D eigenvalue weighted by molar-refractivity contribution is -0.137. The van der Waals surface area contributed by atoms with E-state index in [1.165, 1.54) is 23.5 Å². The Hall–Kier alpha value is -2.35. The van der Waals surface area contributed by atoms with Gasteiger partial charge in [-0.3, -0.25) is 4.98 Å². The van der Waals surface area contributed by atoms with Gasteiger partial charge in [-0.25, -0.2) is 0 Å². The average Bonchev–Trinajstić information content (AvgIpc) is 3.06. The molecule has 0 unspecified atom stereocenters. The van der Waals surface area contributed by atoms with Gasteiger partial charge in [0.2, 0.25) is 0 Å². The fourth-order valence-electron chi connectivity index (χ4n) is 1.93. The summed E-state index contributed by atoms with van der Waals surface area (Å²) in [6.45, 7) is 0. The van der Waals surface area contributed by atoms with Gasteiger partial charge in [0.25, 0.3) is 0 Å². The van der Waals surface area contributed by atoms with E-state index in [4.69, 9.17) is 10.3 Å². The van der Waals surface area contributed by atoms with Crippen LogP contribution in [-0.2, 0) is 6.18 Å². The largest absolute Gasteiger partial charge is 0.416 e. The molecule has 2 N–H and O–H groups in total. The van der Waals surface area contributed by atoms with E-state index in [1.54, 1.807) is 11.7 Å². The molecule has 0 saturated heterocycles. The van der Waals surface area contributed by atoms with E-state index < -0.39 is 11.7 Å². The van der Waals surface area contributed by atoms with E-state index in [9.17, 15) is 13.2 Å². The molecule has 3 rings (SSSR count). The highest BCUT2D eigenvalue weighted by Crippen LogP contribution is 2.40. The highest BCUT2D eigenvalue weighted by atomic mass is 32.1. The normalized spacial score (nSPS) is 11.8. The summed E-state index contributed by atoms with van der Waals surface area (Å²) in [5.41, 5.74) is 7.21. The first kappa shape index (κ1) is 13.6. The van der Waals surface area contributed by atoms with Crippen molar-refractivity contribution in [1.82, 2.24) is 10.1 Å². The Bertz CT molecular complexity index is 765. The summed E-state index contributed by atoms with van der Waals surface area (Å²) in [6, 6.07) is 4.87. The van der Waals surface area contributed by atoms with Crippen LogP contribution in [0.25, 0.3) is 21.8 Å². The predicted octanol–water partition coefficient (Wildman–Crippen LogP) is 4.07. The topological polar surface area (TPSA) is 64.9 Å².